The molecular weight excluding hydrogens is 200 g/mol. The largest absolute Gasteiger partial charge is 0.468 e. The first-order valence-electron chi connectivity index (χ1n) is 3.71. The maximum atomic E-state index is 11.2. The predicted molar refractivity (Wildman–Crippen MR) is 49.3 cm³/mol. The van der Waals surface area contributed by atoms with Crippen LogP contribution in [-0.2, 0) is 19.5 Å². The van der Waals surface area contributed by atoms with E-state index in [2.05, 4.69) is 4.74 Å². The number of ether oxygens (including phenoxy) is 1. The fourth-order valence-corrected chi connectivity index (χ4v) is 2.53. The lowest BCUT2D eigenvalue weighted by Crippen LogP contribution is -2.40. The highest BCUT2D eigenvalue weighted by Crippen LogP contribution is 2.27. The second-order valence-corrected chi connectivity index (χ2v) is 4.49. The van der Waals surface area contributed by atoms with Crippen molar-refractivity contribution in [2.45, 2.75) is 31.4 Å². The molecule has 1 atom stereocenters. The Morgan fingerprint density at radius 3 is 2.00 bits per heavy atom. The third-order valence-corrected chi connectivity index (χ3v) is 4.25. The van der Waals surface area contributed by atoms with E-state index < -0.39 is 20.7 Å². The molecule has 0 aliphatic rings. The zero-order valence-electron chi connectivity index (χ0n) is 7.43. The number of carbonyl (C=O) groups excluding carboxylic acids is 1. The van der Waals surface area contributed by atoms with Gasteiger partial charge in [-0.25, -0.2) is 4.21 Å². The van der Waals surface area contributed by atoms with Gasteiger partial charge in [-0.15, -0.1) is 0 Å². The van der Waals surface area contributed by atoms with E-state index in [-0.39, 0.29) is 0 Å². The standard InChI is InChI=1S/C7H13ClO3S/c1-4-7(5-2,12(8)10)6(9)11-3/h4-5H2,1-3H3. The number of hydrogen-bond acceptors (Lipinski definition) is 3. The molecule has 0 bridgehead atoms. The minimum absolute atomic E-state index is 0.423. The van der Waals surface area contributed by atoms with E-state index in [1.807, 2.05) is 0 Å². The second-order valence-electron chi connectivity index (χ2n) is 2.42. The van der Waals surface area contributed by atoms with Gasteiger partial charge in [-0.1, -0.05) is 13.8 Å². The molecule has 0 N–H and O–H groups in total. The maximum Gasteiger partial charge on any atom is 0.325 e. The topological polar surface area (TPSA) is 43.4 Å². The molecule has 0 aromatic rings. The number of halogens is 1. The summed E-state index contributed by atoms with van der Waals surface area (Å²) in [6.07, 6.45) is 0.846. The molecule has 0 fully saturated rings. The highest BCUT2D eigenvalue weighted by molar-refractivity contribution is 8.10. The molecular formula is C7H13ClO3S. The van der Waals surface area contributed by atoms with Gasteiger partial charge < -0.3 is 4.74 Å². The Morgan fingerprint density at radius 2 is 1.92 bits per heavy atom. The summed E-state index contributed by atoms with van der Waals surface area (Å²) in [5, 5.41) is 0. The van der Waals surface area contributed by atoms with E-state index in [0.717, 1.165) is 0 Å². The quantitative estimate of drug-likeness (QED) is 0.526. The Bertz CT molecular complexity index is 189. The highest BCUT2D eigenvalue weighted by atomic mass is 35.7. The fourth-order valence-electron chi connectivity index (χ4n) is 1.02. The lowest BCUT2D eigenvalue weighted by molar-refractivity contribution is -0.143. The number of hydrogen-bond donors (Lipinski definition) is 0. The van der Waals surface area contributed by atoms with Gasteiger partial charge in [0.25, 0.3) is 0 Å². The summed E-state index contributed by atoms with van der Waals surface area (Å²) in [7, 11) is 5.02. The lowest BCUT2D eigenvalue weighted by Gasteiger charge is -2.23. The van der Waals surface area contributed by atoms with Gasteiger partial charge >= 0.3 is 5.97 Å². The van der Waals surface area contributed by atoms with Crippen molar-refractivity contribution in [3.05, 3.63) is 0 Å². The molecule has 12 heavy (non-hydrogen) atoms. The normalized spacial score (nSPS) is 14.0. The van der Waals surface area contributed by atoms with Crippen LogP contribution >= 0.6 is 10.7 Å². The zero-order valence-corrected chi connectivity index (χ0v) is 9.00. The predicted octanol–water partition coefficient (Wildman–Crippen LogP) is 1.62. The summed E-state index contributed by atoms with van der Waals surface area (Å²) < 4.78 is 14.6. The van der Waals surface area contributed by atoms with E-state index in [1.54, 1.807) is 13.8 Å². The number of carbonyl (C=O) groups is 1. The van der Waals surface area contributed by atoms with Crippen LogP contribution in [0.4, 0.5) is 0 Å². The van der Waals surface area contributed by atoms with Gasteiger partial charge in [0, 0.05) is 0 Å². The summed E-state index contributed by atoms with van der Waals surface area (Å²) in [5.41, 5.74) is 0. The van der Waals surface area contributed by atoms with E-state index in [9.17, 15) is 9.00 Å². The molecule has 0 amide bonds. The lowest BCUT2D eigenvalue weighted by atomic mass is 10.0. The van der Waals surface area contributed by atoms with E-state index in [4.69, 9.17) is 10.7 Å². The van der Waals surface area contributed by atoms with Crippen LogP contribution < -0.4 is 0 Å². The monoisotopic (exact) mass is 212 g/mol. The number of methoxy groups -OCH3 is 1. The van der Waals surface area contributed by atoms with Gasteiger partial charge in [0.15, 0.2) is 4.75 Å². The van der Waals surface area contributed by atoms with Crippen LogP contribution in [0.1, 0.15) is 26.7 Å². The van der Waals surface area contributed by atoms with Gasteiger partial charge in [0.05, 0.1) is 7.11 Å². The van der Waals surface area contributed by atoms with Crippen LogP contribution in [0, 0.1) is 0 Å². The molecule has 5 heteroatoms. The summed E-state index contributed by atoms with van der Waals surface area (Å²) in [6.45, 7) is 3.53. The summed E-state index contributed by atoms with van der Waals surface area (Å²) in [6, 6.07) is 0. The SMILES string of the molecule is CCC(CC)(C(=O)OC)S(=O)Cl. The Balaban J connectivity index is 4.82. The molecule has 0 aliphatic carbocycles. The first kappa shape index (κ1) is 11.9. The molecule has 3 nitrogen and oxygen atoms in total. The van der Waals surface area contributed by atoms with Gasteiger partial charge in [0.1, 0.15) is 10.0 Å². The minimum Gasteiger partial charge on any atom is -0.468 e. The average molecular weight is 213 g/mol. The Hall–Kier alpha value is -0.0900. The van der Waals surface area contributed by atoms with Gasteiger partial charge in [0.2, 0.25) is 0 Å². The van der Waals surface area contributed by atoms with Crippen molar-refractivity contribution in [1.29, 1.82) is 0 Å². The summed E-state index contributed by atoms with van der Waals surface area (Å²) >= 11 is 0. The first-order valence-corrected chi connectivity index (χ1v) is 5.69. The first-order chi connectivity index (χ1) is 5.55. The van der Waals surface area contributed by atoms with Crippen LogP contribution in [0.5, 0.6) is 0 Å². The van der Waals surface area contributed by atoms with Crippen LogP contribution in [-0.4, -0.2) is 22.0 Å². The number of rotatable bonds is 4. The van der Waals surface area contributed by atoms with Crippen molar-refractivity contribution in [3.8, 4) is 0 Å². The molecule has 0 aromatic heterocycles. The maximum absolute atomic E-state index is 11.2. The molecule has 0 saturated heterocycles. The third-order valence-electron chi connectivity index (χ3n) is 2.01. The second kappa shape index (κ2) is 4.82. The van der Waals surface area contributed by atoms with Crippen molar-refractivity contribution >= 4 is 26.7 Å². The van der Waals surface area contributed by atoms with E-state index in [0.29, 0.717) is 12.8 Å². The molecule has 72 valence electrons. The highest BCUT2D eigenvalue weighted by Gasteiger charge is 2.41. The van der Waals surface area contributed by atoms with E-state index in [1.165, 1.54) is 7.11 Å². The van der Waals surface area contributed by atoms with Crippen molar-refractivity contribution in [2.75, 3.05) is 7.11 Å². The Kier molecular flexibility index (Phi) is 4.78. The van der Waals surface area contributed by atoms with Crippen LogP contribution in [0.2, 0.25) is 0 Å². The molecule has 0 spiro atoms. The number of esters is 1. The van der Waals surface area contributed by atoms with Gasteiger partial charge in [-0.2, -0.15) is 0 Å². The Morgan fingerprint density at radius 1 is 1.50 bits per heavy atom. The van der Waals surface area contributed by atoms with Gasteiger partial charge in [-0.3, -0.25) is 4.79 Å². The zero-order chi connectivity index (χ0) is 9.78. The fraction of sp³-hybridized carbons (Fsp3) is 0.857. The van der Waals surface area contributed by atoms with Crippen molar-refractivity contribution in [2.24, 2.45) is 0 Å². The molecule has 0 aliphatic heterocycles. The van der Waals surface area contributed by atoms with E-state index >= 15 is 0 Å². The van der Waals surface area contributed by atoms with Crippen LogP contribution in [0.15, 0.2) is 0 Å². The van der Waals surface area contributed by atoms with Crippen molar-refractivity contribution in [3.63, 3.8) is 0 Å². The summed E-state index contributed by atoms with van der Waals surface area (Å²) in [4.78, 5) is 11.2. The van der Waals surface area contributed by atoms with Crippen molar-refractivity contribution < 1.29 is 13.7 Å². The molecule has 1 unspecified atom stereocenters. The van der Waals surface area contributed by atoms with Crippen molar-refractivity contribution in [1.82, 2.24) is 0 Å². The molecule has 0 rings (SSSR count). The molecule has 0 aromatic carbocycles. The molecule has 0 heterocycles. The Labute approximate surface area is 79.4 Å². The molecule has 0 radical (unpaired) electrons. The third kappa shape index (κ3) is 1.98. The van der Waals surface area contributed by atoms with Gasteiger partial charge in [-0.05, 0) is 23.5 Å². The van der Waals surface area contributed by atoms with Crippen LogP contribution in [0.25, 0.3) is 0 Å². The molecule has 0 saturated carbocycles. The van der Waals surface area contributed by atoms with Crippen LogP contribution in [0.3, 0.4) is 0 Å². The smallest absolute Gasteiger partial charge is 0.325 e. The summed E-state index contributed by atoms with van der Waals surface area (Å²) in [5.74, 6) is -0.499. The minimum atomic E-state index is -1.69. The average Bonchev–Trinajstić information content (AvgIpc) is 2.06.